The highest BCUT2D eigenvalue weighted by atomic mass is 32.2. The number of likely N-dealkylation sites (tertiary alicyclic amines) is 1. The molecular formula is C25H28FN2O6S-. The van der Waals surface area contributed by atoms with E-state index in [1.807, 2.05) is 0 Å². The molecule has 3 aliphatic heterocycles. The number of anilines is 2. The van der Waals surface area contributed by atoms with Crippen molar-refractivity contribution in [3.63, 3.8) is 0 Å². The normalized spacial score (nSPS) is 22.3. The maximum atomic E-state index is 14.2. The number of hydrogen-bond donors (Lipinski definition) is 1. The molecule has 35 heavy (non-hydrogen) atoms. The number of halogens is 1. The lowest BCUT2D eigenvalue weighted by Crippen LogP contribution is -2.30. The van der Waals surface area contributed by atoms with Gasteiger partial charge in [0.15, 0.2) is 0 Å². The molecule has 2 fully saturated rings. The van der Waals surface area contributed by atoms with E-state index in [0.717, 1.165) is 36.8 Å². The van der Waals surface area contributed by atoms with Gasteiger partial charge in [-0.2, -0.15) is 0 Å². The van der Waals surface area contributed by atoms with Crippen LogP contribution in [0.2, 0.25) is 0 Å². The van der Waals surface area contributed by atoms with Gasteiger partial charge >= 0.3 is 5.97 Å². The number of benzene rings is 2. The molecule has 0 radical (unpaired) electrons. The van der Waals surface area contributed by atoms with E-state index in [-0.39, 0.29) is 41.3 Å². The minimum absolute atomic E-state index is 0.00377. The lowest BCUT2D eigenvalue weighted by atomic mass is 9.88. The summed E-state index contributed by atoms with van der Waals surface area (Å²) in [4.78, 5) is 14.7. The van der Waals surface area contributed by atoms with Crippen molar-refractivity contribution >= 4 is 28.6 Å². The van der Waals surface area contributed by atoms with Crippen LogP contribution < -0.4 is 9.04 Å². The Bertz CT molecular complexity index is 1140. The van der Waals surface area contributed by atoms with E-state index in [2.05, 4.69) is 4.90 Å². The maximum absolute atomic E-state index is 14.2. The van der Waals surface area contributed by atoms with E-state index >= 15 is 0 Å². The Morgan fingerprint density at radius 1 is 1.23 bits per heavy atom. The van der Waals surface area contributed by atoms with E-state index in [4.69, 9.17) is 9.47 Å². The second-order valence-corrected chi connectivity index (χ2v) is 10.0. The van der Waals surface area contributed by atoms with Gasteiger partial charge in [0.1, 0.15) is 23.7 Å². The molecule has 0 bridgehead atoms. The van der Waals surface area contributed by atoms with Gasteiger partial charge in [0.2, 0.25) is 0 Å². The van der Waals surface area contributed by atoms with Crippen LogP contribution in [0, 0.1) is 5.82 Å². The SMILES string of the molecule is O=C(O)c1c(N(c2ccc(F)cc2CCCN2CCCC2)S(=O)[O-])ccc2c1OCC1OCCC21. The molecule has 2 aromatic rings. The quantitative estimate of drug-likeness (QED) is 0.548. The van der Waals surface area contributed by atoms with E-state index in [1.165, 1.54) is 37.1 Å². The predicted molar refractivity (Wildman–Crippen MR) is 127 cm³/mol. The summed E-state index contributed by atoms with van der Waals surface area (Å²) in [5, 5.41) is 10.1. The number of aromatic carboxylic acids is 1. The predicted octanol–water partition coefficient (Wildman–Crippen LogP) is 3.75. The van der Waals surface area contributed by atoms with Crippen LogP contribution in [-0.2, 0) is 22.4 Å². The Hall–Kier alpha value is -2.53. The number of rotatable bonds is 8. The minimum Gasteiger partial charge on any atom is -0.755 e. The van der Waals surface area contributed by atoms with Gasteiger partial charge in [0, 0.05) is 18.1 Å². The van der Waals surface area contributed by atoms with E-state index in [0.29, 0.717) is 24.2 Å². The number of carbonyl (C=O) groups is 1. The first-order chi connectivity index (χ1) is 16.9. The zero-order chi connectivity index (χ0) is 24.5. The summed E-state index contributed by atoms with van der Waals surface area (Å²) in [6.07, 6.45) is 4.13. The van der Waals surface area contributed by atoms with Crippen molar-refractivity contribution in [1.82, 2.24) is 4.90 Å². The number of nitrogens with zero attached hydrogens (tertiary/aromatic N) is 2. The summed E-state index contributed by atoms with van der Waals surface area (Å²) in [5.41, 5.74) is 1.20. The van der Waals surface area contributed by atoms with Crippen molar-refractivity contribution in [3.05, 3.63) is 52.8 Å². The van der Waals surface area contributed by atoms with Crippen LogP contribution in [0.3, 0.4) is 0 Å². The van der Waals surface area contributed by atoms with Gasteiger partial charge in [0.05, 0.1) is 28.7 Å². The number of carboxylic acid groups (broad SMARTS) is 1. The summed E-state index contributed by atoms with van der Waals surface area (Å²) in [6.45, 7) is 3.69. The van der Waals surface area contributed by atoms with Crippen molar-refractivity contribution in [2.24, 2.45) is 0 Å². The van der Waals surface area contributed by atoms with E-state index < -0.39 is 23.1 Å². The number of ether oxygens (including phenoxy) is 2. The molecule has 5 rings (SSSR count). The Morgan fingerprint density at radius 3 is 2.74 bits per heavy atom. The minimum atomic E-state index is -2.86. The van der Waals surface area contributed by atoms with Gasteiger partial charge in [-0.05, 0) is 81.6 Å². The van der Waals surface area contributed by atoms with Crippen LogP contribution >= 0.6 is 0 Å². The van der Waals surface area contributed by atoms with Gasteiger partial charge in [-0.3, -0.25) is 8.51 Å². The zero-order valence-electron chi connectivity index (χ0n) is 19.3. The number of hydrogen-bond acceptors (Lipinski definition) is 6. The monoisotopic (exact) mass is 503 g/mol. The Balaban J connectivity index is 1.53. The van der Waals surface area contributed by atoms with Crippen LogP contribution in [0.5, 0.6) is 5.75 Å². The first-order valence-electron chi connectivity index (χ1n) is 12.0. The van der Waals surface area contributed by atoms with Crippen LogP contribution in [0.4, 0.5) is 15.8 Å². The third-order valence-corrected chi connectivity index (χ3v) is 7.82. The molecule has 2 aromatic carbocycles. The standard InChI is InChI=1S/C25H29FN2O6S/c26-17-5-7-20(16(14-17)4-3-12-27-10-1-2-11-27)28(35(31)32)21-8-6-19-18-9-13-33-22(18)15-34-24(19)23(21)25(29)30/h5-8,14,18,22H,1-4,9-13,15H2,(H,29,30)(H,31,32)/p-1. The first-order valence-corrected chi connectivity index (χ1v) is 13.0. The zero-order valence-corrected chi connectivity index (χ0v) is 20.1. The number of aryl methyl sites for hydroxylation is 1. The molecule has 188 valence electrons. The van der Waals surface area contributed by atoms with Gasteiger partial charge in [0.25, 0.3) is 0 Å². The molecule has 8 nitrogen and oxygen atoms in total. The highest BCUT2D eigenvalue weighted by Crippen LogP contribution is 2.46. The highest BCUT2D eigenvalue weighted by Gasteiger charge is 2.39. The highest BCUT2D eigenvalue weighted by molar-refractivity contribution is 7.81. The molecular weight excluding hydrogens is 475 g/mol. The van der Waals surface area contributed by atoms with Crippen LogP contribution in [0.25, 0.3) is 0 Å². The molecule has 0 aliphatic carbocycles. The molecule has 10 heteroatoms. The van der Waals surface area contributed by atoms with Gasteiger partial charge in [-0.25, -0.2) is 9.18 Å². The fourth-order valence-corrected chi connectivity index (χ4v) is 6.14. The lowest BCUT2D eigenvalue weighted by molar-refractivity contribution is 0.0483. The maximum Gasteiger partial charge on any atom is 0.341 e. The van der Waals surface area contributed by atoms with E-state index in [9.17, 15) is 23.1 Å². The summed E-state index contributed by atoms with van der Waals surface area (Å²) in [7, 11) is 0. The third kappa shape index (κ3) is 4.80. The average molecular weight is 504 g/mol. The van der Waals surface area contributed by atoms with Crippen LogP contribution in [0.15, 0.2) is 30.3 Å². The largest absolute Gasteiger partial charge is 0.755 e. The van der Waals surface area contributed by atoms with Crippen molar-refractivity contribution in [2.45, 2.75) is 44.1 Å². The van der Waals surface area contributed by atoms with Gasteiger partial charge < -0.3 is 24.0 Å². The summed E-state index contributed by atoms with van der Waals surface area (Å²) in [6, 6.07) is 7.13. The summed E-state index contributed by atoms with van der Waals surface area (Å²) >= 11 is -2.86. The molecule has 3 heterocycles. The van der Waals surface area contributed by atoms with Crippen molar-refractivity contribution in [2.75, 3.05) is 37.2 Å². The fourth-order valence-electron chi connectivity index (χ4n) is 5.49. The molecule has 0 aromatic heterocycles. The van der Waals surface area contributed by atoms with Crippen LogP contribution in [-0.4, -0.2) is 63.7 Å². The fraction of sp³-hybridized carbons (Fsp3) is 0.480. The summed E-state index contributed by atoms with van der Waals surface area (Å²) < 4.78 is 51.7. The topological polar surface area (TPSA) is 102 Å². The summed E-state index contributed by atoms with van der Waals surface area (Å²) in [5.74, 6) is -1.58. The van der Waals surface area contributed by atoms with Crippen LogP contribution in [0.1, 0.15) is 53.1 Å². The second-order valence-electron chi connectivity index (χ2n) is 9.24. The molecule has 0 spiro atoms. The van der Waals surface area contributed by atoms with Gasteiger partial charge in [-0.1, -0.05) is 6.07 Å². The molecule has 0 amide bonds. The number of fused-ring (bicyclic) bond motifs is 3. The molecule has 2 saturated heterocycles. The number of carboxylic acids is 1. The second kappa shape index (κ2) is 10.2. The van der Waals surface area contributed by atoms with E-state index in [1.54, 1.807) is 6.07 Å². The Morgan fingerprint density at radius 2 is 2.00 bits per heavy atom. The Kier molecular flexibility index (Phi) is 7.06. The average Bonchev–Trinajstić information content (AvgIpc) is 3.52. The lowest BCUT2D eigenvalue weighted by Gasteiger charge is -2.33. The van der Waals surface area contributed by atoms with Crippen molar-refractivity contribution < 1.29 is 32.5 Å². The molecule has 3 unspecified atom stereocenters. The molecule has 0 saturated carbocycles. The van der Waals surface area contributed by atoms with Crippen molar-refractivity contribution in [3.8, 4) is 5.75 Å². The van der Waals surface area contributed by atoms with Gasteiger partial charge in [-0.15, -0.1) is 0 Å². The smallest absolute Gasteiger partial charge is 0.341 e. The molecule has 1 N–H and O–H groups in total. The Labute approximate surface area is 206 Å². The third-order valence-electron chi connectivity index (χ3n) is 7.13. The molecule has 3 atom stereocenters. The van der Waals surface area contributed by atoms with Crippen molar-refractivity contribution in [1.29, 1.82) is 0 Å². The first kappa shape index (κ1) is 24.2. The molecule has 3 aliphatic rings.